The van der Waals surface area contributed by atoms with Crippen LogP contribution in [0, 0.1) is 11.7 Å². The first-order chi connectivity index (χ1) is 14.9. The molecule has 0 radical (unpaired) electrons. The number of hydrogen-bond donors (Lipinski definition) is 1. The van der Waals surface area contributed by atoms with Crippen molar-refractivity contribution in [1.82, 2.24) is 9.62 Å². The number of carbonyl (C=O) groups excluding carboxylic acids is 1. The molecule has 9 heteroatoms. The Morgan fingerprint density at radius 1 is 1.23 bits per heavy atom. The fraction of sp³-hybridized carbons (Fsp3) is 0.409. The molecule has 0 bridgehead atoms. The predicted octanol–water partition coefficient (Wildman–Crippen LogP) is 2.93. The number of anilines is 1. The molecule has 0 aromatic heterocycles. The molecule has 1 aliphatic heterocycles. The summed E-state index contributed by atoms with van der Waals surface area (Å²) in [7, 11) is -2.25. The predicted molar refractivity (Wildman–Crippen MR) is 117 cm³/mol. The second kappa shape index (κ2) is 10.1. The molecule has 1 heterocycles. The molecule has 2 aromatic rings. The van der Waals surface area contributed by atoms with Gasteiger partial charge in [0.15, 0.2) is 0 Å². The van der Waals surface area contributed by atoms with Crippen molar-refractivity contribution in [1.29, 1.82) is 0 Å². The Morgan fingerprint density at radius 2 is 1.94 bits per heavy atom. The van der Waals surface area contributed by atoms with E-state index in [2.05, 4.69) is 5.32 Å². The van der Waals surface area contributed by atoms with Gasteiger partial charge in [-0.15, -0.1) is 0 Å². The van der Waals surface area contributed by atoms with E-state index in [1.54, 1.807) is 56.5 Å². The van der Waals surface area contributed by atoms with E-state index in [1.807, 2.05) is 0 Å². The summed E-state index contributed by atoms with van der Waals surface area (Å²) in [4.78, 5) is 12.7. The Balaban J connectivity index is 1.68. The van der Waals surface area contributed by atoms with Crippen LogP contribution in [0.2, 0.25) is 0 Å². The molecule has 1 saturated heterocycles. The maximum absolute atomic E-state index is 13.8. The Bertz CT molecular complexity index is 998. The van der Waals surface area contributed by atoms with Gasteiger partial charge >= 0.3 is 10.2 Å². The second-order valence-corrected chi connectivity index (χ2v) is 9.23. The minimum Gasteiger partial charge on any atom is -0.497 e. The number of hydrogen-bond acceptors (Lipinski definition) is 4. The minimum absolute atomic E-state index is 0.0711. The van der Waals surface area contributed by atoms with Gasteiger partial charge in [-0.1, -0.05) is 18.2 Å². The van der Waals surface area contributed by atoms with E-state index in [-0.39, 0.29) is 31.4 Å². The number of carbonyl (C=O) groups is 1. The molecule has 1 atom stereocenters. The van der Waals surface area contributed by atoms with Crippen molar-refractivity contribution < 1.29 is 22.3 Å². The lowest BCUT2D eigenvalue weighted by Crippen LogP contribution is -2.50. The van der Waals surface area contributed by atoms with Crippen LogP contribution in [0.1, 0.15) is 25.3 Å². The Morgan fingerprint density at radius 3 is 2.58 bits per heavy atom. The molecule has 3 rings (SSSR count). The van der Waals surface area contributed by atoms with Crippen molar-refractivity contribution in [3.05, 3.63) is 59.9 Å². The topological polar surface area (TPSA) is 79.0 Å². The summed E-state index contributed by atoms with van der Waals surface area (Å²) in [6, 6.07) is 13.1. The molecular weight excluding hydrogens is 421 g/mol. The van der Waals surface area contributed by atoms with Crippen molar-refractivity contribution in [3.8, 4) is 5.75 Å². The average Bonchev–Trinajstić information content (AvgIpc) is 2.79. The molecule has 168 valence electrons. The first kappa shape index (κ1) is 23.0. The largest absolute Gasteiger partial charge is 0.497 e. The molecule has 1 N–H and O–H groups in total. The number of halogens is 1. The van der Waals surface area contributed by atoms with Gasteiger partial charge in [0.1, 0.15) is 11.6 Å². The van der Waals surface area contributed by atoms with Gasteiger partial charge in [0.05, 0.1) is 18.7 Å². The fourth-order valence-electron chi connectivity index (χ4n) is 3.70. The van der Waals surface area contributed by atoms with Crippen LogP contribution in [-0.4, -0.2) is 45.4 Å². The van der Waals surface area contributed by atoms with Gasteiger partial charge in [0.25, 0.3) is 0 Å². The van der Waals surface area contributed by atoms with Crippen LogP contribution in [0.4, 0.5) is 10.1 Å². The highest BCUT2D eigenvalue weighted by atomic mass is 32.2. The number of ether oxygens (including phenoxy) is 1. The average molecular weight is 450 g/mol. The van der Waals surface area contributed by atoms with Crippen molar-refractivity contribution in [3.63, 3.8) is 0 Å². The molecule has 1 amide bonds. The van der Waals surface area contributed by atoms with E-state index in [9.17, 15) is 17.6 Å². The maximum atomic E-state index is 13.8. The summed E-state index contributed by atoms with van der Waals surface area (Å²) in [5, 5.41) is 2.74. The minimum atomic E-state index is -3.80. The van der Waals surface area contributed by atoms with Crippen molar-refractivity contribution in [2.75, 3.05) is 31.0 Å². The normalized spacial score (nSPS) is 17.2. The van der Waals surface area contributed by atoms with Crippen LogP contribution in [0.15, 0.2) is 48.5 Å². The third kappa shape index (κ3) is 5.34. The zero-order valence-electron chi connectivity index (χ0n) is 17.8. The zero-order valence-corrected chi connectivity index (χ0v) is 18.6. The summed E-state index contributed by atoms with van der Waals surface area (Å²) in [6.45, 7) is 2.55. The monoisotopic (exact) mass is 449 g/mol. The van der Waals surface area contributed by atoms with E-state index in [1.165, 1.54) is 14.7 Å². The number of methoxy groups -OCH3 is 1. The van der Waals surface area contributed by atoms with Crippen molar-refractivity contribution >= 4 is 21.8 Å². The van der Waals surface area contributed by atoms with Gasteiger partial charge in [-0.2, -0.15) is 12.7 Å². The maximum Gasteiger partial charge on any atom is 0.304 e. The van der Waals surface area contributed by atoms with Gasteiger partial charge < -0.3 is 10.1 Å². The van der Waals surface area contributed by atoms with E-state index in [0.717, 1.165) is 0 Å². The smallest absolute Gasteiger partial charge is 0.304 e. The molecule has 0 spiro atoms. The van der Waals surface area contributed by atoms with Crippen molar-refractivity contribution in [2.45, 2.75) is 26.3 Å². The standard InChI is InChI=1S/C22H28FN3O4S/c1-3-26(19-10-12-20(30-2)13-11-19)31(28,29)25-14-6-8-18(16-25)22(27)24-15-17-7-4-5-9-21(17)23/h4-5,7,9-13,18H,3,6,8,14-16H2,1-2H3,(H,24,27)/t18-/m0/s1. The van der Waals surface area contributed by atoms with E-state index >= 15 is 0 Å². The molecule has 0 unspecified atom stereocenters. The van der Waals surface area contributed by atoms with Crippen LogP contribution in [0.25, 0.3) is 0 Å². The lowest BCUT2D eigenvalue weighted by Gasteiger charge is -2.35. The van der Waals surface area contributed by atoms with E-state index < -0.39 is 16.1 Å². The molecule has 7 nitrogen and oxygen atoms in total. The lowest BCUT2D eigenvalue weighted by molar-refractivity contribution is -0.126. The van der Waals surface area contributed by atoms with E-state index in [0.29, 0.717) is 36.4 Å². The molecule has 1 fully saturated rings. The van der Waals surface area contributed by atoms with Gasteiger partial charge in [0, 0.05) is 31.7 Å². The molecular formula is C22H28FN3O4S. The third-order valence-electron chi connectivity index (χ3n) is 5.42. The number of nitrogens with one attached hydrogen (secondary N) is 1. The molecule has 1 aliphatic rings. The Kier molecular flexibility index (Phi) is 7.50. The molecule has 0 saturated carbocycles. The summed E-state index contributed by atoms with van der Waals surface area (Å²) in [5.74, 6) is -0.490. The SMILES string of the molecule is CCN(c1ccc(OC)cc1)S(=O)(=O)N1CCC[C@H](C(=O)NCc2ccccc2F)C1. The summed E-state index contributed by atoms with van der Waals surface area (Å²) in [5.41, 5.74) is 0.933. The fourth-order valence-corrected chi connectivity index (χ4v) is 5.42. The van der Waals surface area contributed by atoms with Crippen LogP contribution >= 0.6 is 0 Å². The number of piperidine rings is 1. The van der Waals surface area contributed by atoms with Crippen LogP contribution in [0.5, 0.6) is 5.75 Å². The summed E-state index contributed by atoms with van der Waals surface area (Å²) in [6.07, 6.45) is 1.17. The van der Waals surface area contributed by atoms with Crippen LogP contribution in [0.3, 0.4) is 0 Å². The number of rotatable bonds is 8. The van der Waals surface area contributed by atoms with E-state index in [4.69, 9.17) is 4.74 Å². The van der Waals surface area contributed by atoms with Crippen molar-refractivity contribution in [2.24, 2.45) is 5.92 Å². The van der Waals surface area contributed by atoms with Gasteiger partial charge in [-0.05, 0) is 50.1 Å². The van der Waals surface area contributed by atoms with Crippen LogP contribution < -0.4 is 14.4 Å². The number of nitrogens with zero attached hydrogens (tertiary/aromatic N) is 2. The quantitative estimate of drug-likeness (QED) is 0.672. The summed E-state index contributed by atoms with van der Waals surface area (Å²) < 4.78 is 48.2. The Hall–Kier alpha value is -2.65. The highest BCUT2D eigenvalue weighted by molar-refractivity contribution is 7.90. The Labute approximate surface area is 183 Å². The first-order valence-electron chi connectivity index (χ1n) is 10.3. The highest BCUT2D eigenvalue weighted by Crippen LogP contribution is 2.27. The molecule has 31 heavy (non-hydrogen) atoms. The second-order valence-electron chi connectivity index (χ2n) is 7.38. The third-order valence-corrected chi connectivity index (χ3v) is 7.43. The number of benzene rings is 2. The summed E-state index contributed by atoms with van der Waals surface area (Å²) >= 11 is 0. The zero-order chi connectivity index (χ0) is 22.4. The van der Waals surface area contributed by atoms with Gasteiger partial charge in [-0.3, -0.25) is 9.10 Å². The molecule has 2 aromatic carbocycles. The molecule has 0 aliphatic carbocycles. The number of amides is 1. The highest BCUT2D eigenvalue weighted by Gasteiger charge is 2.35. The van der Waals surface area contributed by atoms with Crippen LogP contribution in [-0.2, 0) is 21.5 Å². The lowest BCUT2D eigenvalue weighted by atomic mass is 9.98. The van der Waals surface area contributed by atoms with Gasteiger partial charge in [-0.25, -0.2) is 4.39 Å². The van der Waals surface area contributed by atoms with Gasteiger partial charge in [0.2, 0.25) is 5.91 Å². The first-order valence-corrected chi connectivity index (χ1v) is 11.7.